The van der Waals surface area contributed by atoms with Crippen molar-refractivity contribution in [2.24, 2.45) is 0 Å². The third-order valence-electron chi connectivity index (χ3n) is 6.17. The molecule has 2 fully saturated rings. The van der Waals surface area contributed by atoms with Crippen LogP contribution in [-0.2, 0) is 11.3 Å². The SMILES string of the molecule is Cc1ncsc1-c1ccc(CNC(=O)C2CC(O)CN2)c(OC2CN(c3ccnc(F)c3)C2)c1. The van der Waals surface area contributed by atoms with Gasteiger partial charge in [-0.25, -0.2) is 9.97 Å². The van der Waals surface area contributed by atoms with Gasteiger partial charge in [-0.3, -0.25) is 4.79 Å². The summed E-state index contributed by atoms with van der Waals surface area (Å²) < 4.78 is 19.8. The van der Waals surface area contributed by atoms with E-state index in [-0.39, 0.29) is 18.1 Å². The Hall–Kier alpha value is -3.08. The molecule has 34 heavy (non-hydrogen) atoms. The Kier molecular flexibility index (Phi) is 6.44. The molecule has 3 aromatic rings. The minimum Gasteiger partial charge on any atom is -0.486 e. The number of aliphatic hydroxyl groups is 1. The lowest BCUT2D eigenvalue weighted by Crippen LogP contribution is -2.54. The van der Waals surface area contributed by atoms with Crippen LogP contribution < -0.4 is 20.3 Å². The van der Waals surface area contributed by atoms with E-state index in [1.54, 1.807) is 17.4 Å². The van der Waals surface area contributed by atoms with Crippen molar-refractivity contribution >= 4 is 22.9 Å². The van der Waals surface area contributed by atoms with Crippen molar-refractivity contribution in [2.75, 3.05) is 24.5 Å². The van der Waals surface area contributed by atoms with Crippen molar-refractivity contribution in [3.05, 3.63) is 59.2 Å². The molecule has 3 N–H and O–H groups in total. The van der Waals surface area contributed by atoms with E-state index in [0.29, 0.717) is 38.3 Å². The second kappa shape index (κ2) is 9.65. The summed E-state index contributed by atoms with van der Waals surface area (Å²) in [4.78, 5) is 23.6. The summed E-state index contributed by atoms with van der Waals surface area (Å²) in [5, 5.41) is 15.7. The average molecular weight is 484 g/mol. The van der Waals surface area contributed by atoms with Gasteiger partial charge < -0.3 is 25.4 Å². The number of nitrogens with one attached hydrogen (secondary N) is 2. The lowest BCUT2D eigenvalue weighted by Gasteiger charge is -2.41. The van der Waals surface area contributed by atoms with Crippen molar-refractivity contribution in [2.45, 2.75) is 38.1 Å². The Balaban J connectivity index is 1.30. The molecule has 2 atom stereocenters. The third-order valence-corrected chi connectivity index (χ3v) is 7.15. The molecule has 2 saturated heterocycles. The zero-order valence-electron chi connectivity index (χ0n) is 18.7. The fraction of sp³-hybridized carbons (Fsp3) is 0.375. The fourth-order valence-electron chi connectivity index (χ4n) is 4.24. The van der Waals surface area contributed by atoms with Gasteiger partial charge >= 0.3 is 0 Å². The number of aromatic nitrogens is 2. The molecule has 1 aromatic carbocycles. The number of amides is 1. The predicted octanol–water partition coefficient (Wildman–Crippen LogP) is 2.26. The standard InChI is InChI=1S/C24H26FN5O3S/c1-14-23(34-13-29-14)15-2-3-16(9-28-24(32)20-8-18(31)10-27-20)21(6-15)33-19-11-30(12-19)17-4-5-26-22(25)7-17/h2-7,13,18-20,27,31H,8-12H2,1H3,(H,28,32). The smallest absolute Gasteiger partial charge is 0.237 e. The normalized spacial score (nSPS) is 20.3. The molecule has 0 radical (unpaired) electrons. The monoisotopic (exact) mass is 483 g/mol. The molecule has 178 valence electrons. The third kappa shape index (κ3) is 4.89. The molecule has 2 aromatic heterocycles. The van der Waals surface area contributed by atoms with E-state index in [0.717, 1.165) is 27.4 Å². The predicted molar refractivity (Wildman–Crippen MR) is 127 cm³/mol. The fourth-order valence-corrected chi connectivity index (χ4v) is 5.05. The molecule has 4 heterocycles. The highest BCUT2D eigenvalue weighted by Gasteiger charge is 2.31. The quantitative estimate of drug-likeness (QED) is 0.444. The van der Waals surface area contributed by atoms with Crippen LogP contribution in [-0.4, -0.2) is 58.9 Å². The van der Waals surface area contributed by atoms with Crippen molar-refractivity contribution < 1.29 is 19.0 Å². The van der Waals surface area contributed by atoms with Crippen LogP contribution in [0.5, 0.6) is 5.75 Å². The first-order valence-electron chi connectivity index (χ1n) is 11.2. The van der Waals surface area contributed by atoms with Gasteiger partial charge in [-0.15, -0.1) is 11.3 Å². The Morgan fingerprint density at radius 3 is 2.88 bits per heavy atom. The number of aryl methyl sites for hydroxylation is 1. The number of hydrogen-bond donors (Lipinski definition) is 3. The molecule has 0 saturated carbocycles. The van der Waals surface area contributed by atoms with E-state index in [1.807, 2.05) is 35.5 Å². The highest BCUT2D eigenvalue weighted by atomic mass is 32.1. The number of rotatable bonds is 7. The summed E-state index contributed by atoms with van der Waals surface area (Å²) in [5.74, 6) is 0.0618. The van der Waals surface area contributed by atoms with Crippen molar-refractivity contribution in [3.8, 4) is 16.2 Å². The summed E-state index contributed by atoms with van der Waals surface area (Å²) in [5.41, 5.74) is 5.43. The largest absolute Gasteiger partial charge is 0.486 e. The van der Waals surface area contributed by atoms with Crippen molar-refractivity contribution in [3.63, 3.8) is 0 Å². The molecule has 1 amide bonds. The summed E-state index contributed by atoms with van der Waals surface area (Å²) in [6.07, 6.45) is 1.31. The Bertz CT molecular complexity index is 1180. The van der Waals surface area contributed by atoms with Gasteiger partial charge in [-0.05, 0) is 31.0 Å². The van der Waals surface area contributed by atoms with Gasteiger partial charge in [0.05, 0.1) is 41.3 Å². The maximum absolute atomic E-state index is 13.5. The van der Waals surface area contributed by atoms with Crippen LogP contribution in [0.2, 0.25) is 0 Å². The summed E-state index contributed by atoms with van der Waals surface area (Å²) in [6.45, 7) is 3.97. The molecule has 0 bridgehead atoms. The van der Waals surface area contributed by atoms with Crippen LogP contribution in [0.1, 0.15) is 17.7 Å². The van der Waals surface area contributed by atoms with Crippen LogP contribution in [0.25, 0.3) is 10.4 Å². The Labute approximate surface area is 200 Å². The molecule has 2 aliphatic rings. The molecule has 5 rings (SSSR count). The molecule has 0 aliphatic carbocycles. The number of pyridine rings is 1. The second-order valence-electron chi connectivity index (χ2n) is 8.64. The minimum atomic E-state index is -0.503. The van der Waals surface area contributed by atoms with E-state index in [2.05, 4.69) is 20.6 Å². The number of carbonyl (C=O) groups is 1. The van der Waals surface area contributed by atoms with Gasteiger partial charge in [0, 0.05) is 36.6 Å². The number of carbonyl (C=O) groups excluding carboxylic acids is 1. The first-order chi connectivity index (χ1) is 16.5. The lowest BCUT2D eigenvalue weighted by molar-refractivity contribution is -0.123. The van der Waals surface area contributed by atoms with Gasteiger partial charge in [-0.1, -0.05) is 12.1 Å². The summed E-state index contributed by atoms with van der Waals surface area (Å²) in [6, 6.07) is 8.78. The molecule has 2 aliphatic heterocycles. The number of benzene rings is 1. The number of hydrogen-bond acceptors (Lipinski definition) is 8. The number of aliphatic hydroxyl groups excluding tert-OH is 1. The van der Waals surface area contributed by atoms with E-state index >= 15 is 0 Å². The average Bonchev–Trinajstić information content (AvgIpc) is 3.42. The number of thiazole rings is 1. The van der Waals surface area contributed by atoms with E-state index in [9.17, 15) is 14.3 Å². The van der Waals surface area contributed by atoms with Crippen molar-refractivity contribution in [1.29, 1.82) is 0 Å². The van der Waals surface area contributed by atoms with E-state index in [4.69, 9.17) is 4.74 Å². The zero-order valence-corrected chi connectivity index (χ0v) is 19.5. The first kappa shape index (κ1) is 22.7. The first-order valence-corrected chi connectivity index (χ1v) is 12.1. The van der Waals surface area contributed by atoms with Gasteiger partial charge in [-0.2, -0.15) is 4.39 Å². The summed E-state index contributed by atoms with van der Waals surface area (Å²) >= 11 is 1.57. The highest BCUT2D eigenvalue weighted by Crippen LogP contribution is 2.33. The number of anilines is 1. The molecule has 8 nitrogen and oxygen atoms in total. The molecule has 0 spiro atoms. The zero-order chi connectivity index (χ0) is 23.7. The van der Waals surface area contributed by atoms with Crippen LogP contribution in [0, 0.1) is 12.9 Å². The lowest BCUT2D eigenvalue weighted by atomic mass is 10.1. The molecule has 10 heteroatoms. The van der Waals surface area contributed by atoms with Crippen LogP contribution >= 0.6 is 11.3 Å². The van der Waals surface area contributed by atoms with Crippen LogP contribution in [0.15, 0.2) is 42.0 Å². The van der Waals surface area contributed by atoms with Gasteiger partial charge in [0.1, 0.15) is 11.9 Å². The van der Waals surface area contributed by atoms with E-state index < -0.39 is 12.1 Å². The van der Waals surface area contributed by atoms with Gasteiger partial charge in [0.25, 0.3) is 0 Å². The topological polar surface area (TPSA) is 99.6 Å². The number of β-amino-alcohol motifs (C(OH)–C–C–N with tert-alkyl or cyclic N) is 1. The Morgan fingerprint density at radius 2 is 2.18 bits per heavy atom. The number of ether oxygens (including phenoxy) is 1. The van der Waals surface area contributed by atoms with Gasteiger partial charge in [0.15, 0.2) is 0 Å². The maximum atomic E-state index is 13.5. The van der Waals surface area contributed by atoms with Crippen LogP contribution in [0.3, 0.4) is 0 Å². The Morgan fingerprint density at radius 1 is 1.32 bits per heavy atom. The van der Waals surface area contributed by atoms with Crippen LogP contribution in [0.4, 0.5) is 10.1 Å². The van der Waals surface area contributed by atoms with Crippen molar-refractivity contribution in [1.82, 2.24) is 20.6 Å². The van der Waals surface area contributed by atoms with Gasteiger partial charge in [0.2, 0.25) is 11.9 Å². The molecular weight excluding hydrogens is 457 g/mol. The summed E-state index contributed by atoms with van der Waals surface area (Å²) in [7, 11) is 0. The number of nitrogens with zero attached hydrogens (tertiary/aromatic N) is 3. The highest BCUT2D eigenvalue weighted by molar-refractivity contribution is 7.13. The number of halogens is 1. The van der Waals surface area contributed by atoms with E-state index in [1.165, 1.54) is 12.3 Å². The minimum absolute atomic E-state index is 0.0601. The molecular formula is C24H26FN5O3S. The second-order valence-corrected chi connectivity index (χ2v) is 9.49. The molecule has 2 unspecified atom stereocenters. The maximum Gasteiger partial charge on any atom is 0.237 e.